The van der Waals surface area contributed by atoms with E-state index in [0.717, 1.165) is 18.8 Å². The second-order valence-corrected chi connectivity index (χ2v) is 13.0. The lowest BCUT2D eigenvalue weighted by atomic mass is 9.94. The highest BCUT2D eigenvalue weighted by atomic mass is 32.2. The zero-order valence-corrected chi connectivity index (χ0v) is 23.5. The van der Waals surface area contributed by atoms with Gasteiger partial charge in [-0.3, -0.25) is 10.0 Å². The molecule has 3 aromatic rings. The summed E-state index contributed by atoms with van der Waals surface area (Å²) in [5, 5.41) is 9.20. The Morgan fingerprint density at radius 1 is 0.950 bits per heavy atom. The molecule has 1 aliphatic carbocycles. The van der Waals surface area contributed by atoms with Gasteiger partial charge in [0.2, 0.25) is 0 Å². The molecule has 212 valence electrons. The first-order chi connectivity index (χ1) is 19.4. The zero-order valence-electron chi connectivity index (χ0n) is 22.7. The second kappa shape index (κ2) is 12.5. The van der Waals surface area contributed by atoms with Gasteiger partial charge < -0.3 is 9.47 Å². The van der Waals surface area contributed by atoms with Gasteiger partial charge in [-0.2, -0.15) is 0 Å². The largest absolute Gasteiger partial charge is 0.494 e. The molecule has 0 radical (unpaired) electrons. The van der Waals surface area contributed by atoms with Crippen LogP contribution in [0.25, 0.3) is 11.1 Å². The number of hydrogen-bond acceptors (Lipinski definition) is 6. The number of nitrogens with one attached hydrogen (secondary N) is 1. The molecule has 3 aromatic carbocycles. The molecule has 1 saturated heterocycles. The molecule has 1 amide bonds. The molecular weight excluding hydrogens is 526 g/mol. The van der Waals surface area contributed by atoms with E-state index in [1.165, 1.54) is 65.5 Å². The Morgan fingerprint density at radius 3 is 2.33 bits per heavy atom. The van der Waals surface area contributed by atoms with E-state index in [9.17, 15) is 18.4 Å². The summed E-state index contributed by atoms with van der Waals surface area (Å²) in [6, 6.07) is 23.8. The maximum atomic E-state index is 13.4. The standard InChI is InChI=1S/C32H37NO6S/c34-31(33-35)32(18-21-38-22-19-32)40(36,37)30-16-14-29(15-17-30)39-20-4-6-24-5-3-9-28(23-24)27-12-10-26(11-13-27)25-7-1-2-8-25/h3,5,9-17,23,25,35H,1-2,4,6-8,18-22H2,(H,33,34). The normalized spacial score (nSPS) is 17.4. The molecule has 1 saturated carbocycles. The van der Waals surface area contributed by atoms with Crippen LogP contribution in [0.2, 0.25) is 0 Å². The molecule has 2 fully saturated rings. The zero-order chi connectivity index (χ0) is 28.0. The highest BCUT2D eigenvalue weighted by molar-refractivity contribution is 7.93. The number of hydrogen-bond donors (Lipinski definition) is 2. The number of carbonyl (C=O) groups excluding carboxylic acids is 1. The van der Waals surface area contributed by atoms with Crippen LogP contribution in [0.4, 0.5) is 0 Å². The Balaban J connectivity index is 1.16. The summed E-state index contributed by atoms with van der Waals surface area (Å²) in [6.07, 6.45) is 6.92. The Kier molecular flexibility index (Phi) is 8.88. The van der Waals surface area contributed by atoms with Crippen molar-refractivity contribution >= 4 is 15.7 Å². The lowest BCUT2D eigenvalue weighted by molar-refractivity contribution is -0.134. The van der Waals surface area contributed by atoms with Crippen LogP contribution in [0.1, 0.15) is 62.0 Å². The number of hydroxylamine groups is 1. The summed E-state index contributed by atoms with van der Waals surface area (Å²) in [7, 11) is -4.05. The Labute approximate surface area is 236 Å². The first kappa shape index (κ1) is 28.3. The average Bonchev–Trinajstić information content (AvgIpc) is 3.55. The fourth-order valence-electron chi connectivity index (χ4n) is 5.94. The maximum Gasteiger partial charge on any atom is 0.265 e. The summed E-state index contributed by atoms with van der Waals surface area (Å²) in [5.41, 5.74) is 6.68. The fraction of sp³-hybridized carbons (Fsp3) is 0.406. The number of amides is 1. The van der Waals surface area contributed by atoms with Crippen molar-refractivity contribution in [2.45, 2.75) is 66.9 Å². The summed E-state index contributed by atoms with van der Waals surface area (Å²) in [4.78, 5) is 12.4. The quantitative estimate of drug-likeness (QED) is 0.182. The van der Waals surface area contributed by atoms with Crippen molar-refractivity contribution in [3.8, 4) is 16.9 Å². The summed E-state index contributed by atoms with van der Waals surface area (Å²) < 4.78 is 36.1. The fourth-order valence-corrected chi connectivity index (χ4v) is 7.88. The Morgan fingerprint density at radius 2 is 1.65 bits per heavy atom. The van der Waals surface area contributed by atoms with Crippen LogP contribution in [-0.2, 0) is 25.8 Å². The molecule has 1 aliphatic heterocycles. The van der Waals surface area contributed by atoms with E-state index < -0.39 is 20.5 Å². The van der Waals surface area contributed by atoms with Crippen LogP contribution in [-0.4, -0.2) is 44.1 Å². The maximum absolute atomic E-state index is 13.4. The minimum atomic E-state index is -4.05. The monoisotopic (exact) mass is 563 g/mol. The van der Waals surface area contributed by atoms with E-state index >= 15 is 0 Å². The molecule has 0 unspecified atom stereocenters. The predicted octanol–water partition coefficient (Wildman–Crippen LogP) is 5.85. The summed E-state index contributed by atoms with van der Waals surface area (Å²) >= 11 is 0. The molecular formula is C32H37NO6S. The van der Waals surface area contributed by atoms with Crippen molar-refractivity contribution in [1.82, 2.24) is 5.48 Å². The van der Waals surface area contributed by atoms with Crippen LogP contribution in [0.5, 0.6) is 5.75 Å². The molecule has 0 bridgehead atoms. The number of sulfone groups is 1. The van der Waals surface area contributed by atoms with Gasteiger partial charge in [0.1, 0.15) is 5.75 Å². The van der Waals surface area contributed by atoms with Gasteiger partial charge in [0, 0.05) is 13.2 Å². The van der Waals surface area contributed by atoms with Crippen molar-refractivity contribution in [3.63, 3.8) is 0 Å². The first-order valence-electron chi connectivity index (χ1n) is 14.1. The van der Waals surface area contributed by atoms with Gasteiger partial charge >= 0.3 is 0 Å². The van der Waals surface area contributed by atoms with Crippen LogP contribution in [0.3, 0.4) is 0 Å². The van der Waals surface area contributed by atoms with Gasteiger partial charge in [-0.1, -0.05) is 61.4 Å². The molecule has 2 N–H and O–H groups in total. The predicted molar refractivity (Wildman–Crippen MR) is 153 cm³/mol. The van der Waals surface area contributed by atoms with Crippen molar-refractivity contribution < 1.29 is 27.9 Å². The van der Waals surface area contributed by atoms with Gasteiger partial charge in [-0.05, 0) is 91.0 Å². The topological polar surface area (TPSA) is 102 Å². The highest BCUT2D eigenvalue weighted by Gasteiger charge is 2.52. The van der Waals surface area contributed by atoms with E-state index in [0.29, 0.717) is 12.4 Å². The first-order valence-corrected chi connectivity index (χ1v) is 15.6. The third-order valence-corrected chi connectivity index (χ3v) is 10.9. The summed E-state index contributed by atoms with van der Waals surface area (Å²) in [6.45, 7) is 0.744. The number of rotatable bonds is 10. The third-order valence-electron chi connectivity index (χ3n) is 8.34. The molecule has 0 spiro atoms. The molecule has 0 atom stereocenters. The van der Waals surface area contributed by atoms with Gasteiger partial charge in [-0.25, -0.2) is 13.9 Å². The molecule has 0 aromatic heterocycles. The Bertz CT molecular complexity index is 1390. The van der Waals surface area contributed by atoms with E-state index in [1.54, 1.807) is 12.1 Å². The van der Waals surface area contributed by atoms with E-state index in [4.69, 9.17) is 9.47 Å². The van der Waals surface area contributed by atoms with Crippen molar-refractivity contribution in [2.24, 2.45) is 0 Å². The van der Waals surface area contributed by atoms with Crippen molar-refractivity contribution in [2.75, 3.05) is 19.8 Å². The molecule has 8 heteroatoms. The summed E-state index contributed by atoms with van der Waals surface area (Å²) in [5.74, 6) is 0.348. The second-order valence-electron chi connectivity index (χ2n) is 10.8. The Hall–Kier alpha value is -3.20. The van der Waals surface area contributed by atoms with Crippen LogP contribution in [0, 0.1) is 0 Å². The third kappa shape index (κ3) is 5.94. The number of ether oxygens (including phenoxy) is 2. The van der Waals surface area contributed by atoms with E-state index in [1.807, 2.05) is 0 Å². The van der Waals surface area contributed by atoms with Gasteiger partial charge in [0.25, 0.3) is 5.91 Å². The number of aryl methyl sites for hydroxylation is 1. The van der Waals surface area contributed by atoms with Gasteiger partial charge in [0.15, 0.2) is 14.6 Å². The van der Waals surface area contributed by atoms with Gasteiger partial charge in [0.05, 0.1) is 11.5 Å². The molecule has 1 heterocycles. The van der Waals surface area contributed by atoms with Crippen LogP contribution < -0.4 is 10.2 Å². The lowest BCUT2D eigenvalue weighted by Crippen LogP contribution is -2.54. The smallest absolute Gasteiger partial charge is 0.265 e. The van der Waals surface area contributed by atoms with Crippen LogP contribution in [0.15, 0.2) is 77.7 Å². The lowest BCUT2D eigenvalue weighted by Gasteiger charge is -2.34. The number of benzene rings is 3. The minimum Gasteiger partial charge on any atom is -0.494 e. The molecule has 2 aliphatic rings. The highest BCUT2D eigenvalue weighted by Crippen LogP contribution is 2.36. The average molecular weight is 564 g/mol. The molecule has 5 rings (SSSR count). The van der Waals surface area contributed by atoms with Crippen LogP contribution >= 0.6 is 0 Å². The van der Waals surface area contributed by atoms with E-state index in [-0.39, 0.29) is 31.0 Å². The minimum absolute atomic E-state index is 0.0124. The van der Waals surface area contributed by atoms with E-state index in [2.05, 4.69) is 48.5 Å². The molecule has 40 heavy (non-hydrogen) atoms. The van der Waals surface area contributed by atoms with Crippen molar-refractivity contribution in [1.29, 1.82) is 0 Å². The molecule has 7 nitrogen and oxygen atoms in total. The van der Waals surface area contributed by atoms with Gasteiger partial charge in [-0.15, -0.1) is 0 Å². The number of carbonyl (C=O) groups is 1. The SMILES string of the molecule is O=C(NO)C1(S(=O)(=O)c2ccc(OCCCc3cccc(-c4ccc(C5CCCC5)cc4)c3)cc2)CCOCC1. The van der Waals surface area contributed by atoms with Crippen molar-refractivity contribution in [3.05, 3.63) is 83.9 Å².